The lowest BCUT2D eigenvalue weighted by molar-refractivity contribution is 0.132. The number of fused-ring (bicyclic) bond motifs is 9. The van der Waals surface area contributed by atoms with Crippen LogP contribution in [-0.2, 0) is 0 Å². The first-order valence-corrected chi connectivity index (χ1v) is 6.45. The Morgan fingerprint density at radius 2 is 1.67 bits per heavy atom. The van der Waals surface area contributed by atoms with Crippen molar-refractivity contribution in [1.29, 1.82) is 0 Å². The Labute approximate surface area is 91.1 Å². The Bertz CT molecular complexity index is 324. The Morgan fingerprint density at radius 1 is 1.00 bits per heavy atom. The SMILES string of the molecule is NCC1C(N)C2CC1C1C3C=CC(C3)C21. The van der Waals surface area contributed by atoms with E-state index >= 15 is 0 Å². The molecule has 0 heterocycles. The van der Waals surface area contributed by atoms with E-state index in [1.165, 1.54) is 12.8 Å². The van der Waals surface area contributed by atoms with Gasteiger partial charge < -0.3 is 11.5 Å². The van der Waals surface area contributed by atoms with Crippen molar-refractivity contribution in [1.82, 2.24) is 0 Å². The molecule has 4 bridgehead atoms. The van der Waals surface area contributed by atoms with Crippen molar-refractivity contribution in [3.63, 3.8) is 0 Å². The van der Waals surface area contributed by atoms with Crippen LogP contribution in [0.3, 0.4) is 0 Å². The molecule has 4 rings (SSSR count). The van der Waals surface area contributed by atoms with Gasteiger partial charge in [0.15, 0.2) is 0 Å². The fraction of sp³-hybridized carbons (Fsp3) is 0.846. The molecule has 4 aliphatic carbocycles. The summed E-state index contributed by atoms with van der Waals surface area (Å²) in [6, 6.07) is 0.411. The van der Waals surface area contributed by atoms with E-state index < -0.39 is 0 Å². The Hall–Kier alpha value is -0.340. The molecule has 4 aliphatic rings. The molecule has 0 amide bonds. The summed E-state index contributed by atoms with van der Waals surface area (Å²) in [6.07, 6.45) is 7.75. The first kappa shape index (κ1) is 8.77. The second kappa shape index (κ2) is 2.67. The Morgan fingerprint density at radius 3 is 2.33 bits per heavy atom. The summed E-state index contributed by atoms with van der Waals surface area (Å²) in [7, 11) is 0. The third-order valence-electron chi connectivity index (χ3n) is 5.93. The summed E-state index contributed by atoms with van der Waals surface area (Å²) < 4.78 is 0. The summed E-state index contributed by atoms with van der Waals surface area (Å²) in [5.41, 5.74) is 12.3. The van der Waals surface area contributed by atoms with Crippen molar-refractivity contribution in [3.05, 3.63) is 12.2 Å². The maximum Gasteiger partial charge on any atom is 0.0113 e. The number of hydrogen-bond donors (Lipinski definition) is 2. The van der Waals surface area contributed by atoms with Crippen molar-refractivity contribution in [3.8, 4) is 0 Å². The van der Waals surface area contributed by atoms with Crippen LogP contribution in [0.2, 0.25) is 0 Å². The molecular weight excluding hydrogens is 184 g/mol. The quantitative estimate of drug-likeness (QED) is 0.494. The maximum atomic E-state index is 6.36. The van der Waals surface area contributed by atoms with Crippen molar-refractivity contribution in [2.45, 2.75) is 18.9 Å². The van der Waals surface area contributed by atoms with Gasteiger partial charge in [0.25, 0.3) is 0 Å². The summed E-state index contributed by atoms with van der Waals surface area (Å²) in [4.78, 5) is 0. The molecule has 0 radical (unpaired) electrons. The van der Waals surface area contributed by atoms with Gasteiger partial charge in [-0.1, -0.05) is 12.2 Å². The Kier molecular flexibility index (Phi) is 1.56. The number of hydrogen-bond acceptors (Lipinski definition) is 2. The Balaban J connectivity index is 1.73. The smallest absolute Gasteiger partial charge is 0.0113 e. The highest BCUT2D eigenvalue weighted by atomic mass is 14.8. The van der Waals surface area contributed by atoms with Crippen LogP contribution in [0.15, 0.2) is 12.2 Å². The van der Waals surface area contributed by atoms with Gasteiger partial charge in [-0.05, 0) is 60.8 Å². The summed E-state index contributed by atoms with van der Waals surface area (Å²) in [5, 5.41) is 0. The molecule has 0 aromatic heterocycles. The van der Waals surface area contributed by atoms with Gasteiger partial charge in [0, 0.05) is 6.04 Å². The van der Waals surface area contributed by atoms with Crippen LogP contribution >= 0.6 is 0 Å². The average molecular weight is 204 g/mol. The molecule has 8 atom stereocenters. The van der Waals surface area contributed by atoms with E-state index in [0.717, 1.165) is 42.1 Å². The van der Waals surface area contributed by atoms with Crippen LogP contribution < -0.4 is 11.5 Å². The van der Waals surface area contributed by atoms with Gasteiger partial charge in [-0.25, -0.2) is 0 Å². The lowest BCUT2D eigenvalue weighted by Crippen LogP contribution is -2.47. The monoisotopic (exact) mass is 204 g/mol. The third kappa shape index (κ3) is 0.853. The lowest BCUT2D eigenvalue weighted by Gasteiger charge is -2.40. The molecule has 2 heteroatoms. The largest absolute Gasteiger partial charge is 0.330 e. The van der Waals surface area contributed by atoms with Crippen LogP contribution in [0.1, 0.15) is 12.8 Å². The van der Waals surface area contributed by atoms with E-state index in [9.17, 15) is 0 Å². The number of rotatable bonds is 1. The van der Waals surface area contributed by atoms with Gasteiger partial charge in [0.2, 0.25) is 0 Å². The molecule has 8 unspecified atom stereocenters. The van der Waals surface area contributed by atoms with Crippen LogP contribution in [0.4, 0.5) is 0 Å². The van der Waals surface area contributed by atoms with Crippen molar-refractivity contribution < 1.29 is 0 Å². The summed E-state index contributed by atoms with van der Waals surface area (Å²) >= 11 is 0. The normalized spacial score (nSPS) is 64.1. The highest BCUT2D eigenvalue weighted by Crippen LogP contribution is 2.66. The average Bonchev–Trinajstić information content (AvgIpc) is 2.94. The van der Waals surface area contributed by atoms with Crippen LogP contribution in [0.5, 0.6) is 0 Å². The minimum absolute atomic E-state index is 0.411. The first-order valence-electron chi connectivity index (χ1n) is 6.45. The molecular formula is C13H20N2. The van der Waals surface area contributed by atoms with E-state index in [2.05, 4.69) is 12.2 Å². The fourth-order valence-electron chi connectivity index (χ4n) is 5.54. The molecule has 0 spiro atoms. The van der Waals surface area contributed by atoms with E-state index in [-0.39, 0.29) is 0 Å². The molecule has 0 aliphatic heterocycles. The molecule has 3 saturated carbocycles. The van der Waals surface area contributed by atoms with E-state index in [4.69, 9.17) is 11.5 Å². The molecule has 0 saturated heterocycles. The fourth-order valence-corrected chi connectivity index (χ4v) is 5.54. The summed E-state index contributed by atoms with van der Waals surface area (Å²) in [5.74, 6) is 5.94. The predicted molar refractivity (Wildman–Crippen MR) is 59.8 cm³/mol. The van der Waals surface area contributed by atoms with Gasteiger partial charge in [0.1, 0.15) is 0 Å². The zero-order chi connectivity index (χ0) is 10.2. The molecule has 4 N–H and O–H groups in total. The number of allylic oxidation sites excluding steroid dienone is 2. The first-order chi connectivity index (χ1) is 7.31. The van der Waals surface area contributed by atoms with Gasteiger partial charge in [0.05, 0.1) is 0 Å². The van der Waals surface area contributed by atoms with E-state index in [1.54, 1.807) is 0 Å². The topological polar surface area (TPSA) is 52.0 Å². The van der Waals surface area contributed by atoms with Gasteiger partial charge in [-0.3, -0.25) is 0 Å². The van der Waals surface area contributed by atoms with Crippen molar-refractivity contribution in [2.75, 3.05) is 6.54 Å². The minimum atomic E-state index is 0.411. The number of nitrogens with two attached hydrogens (primary N) is 2. The maximum absolute atomic E-state index is 6.36. The van der Waals surface area contributed by atoms with Crippen LogP contribution in [0, 0.1) is 41.4 Å². The van der Waals surface area contributed by atoms with Crippen LogP contribution in [0.25, 0.3) is 0 Å². The van der Waals surface area contributed by atoms with E-state index in [1.807, 2.05) is 0 Å². The highest BCUT2D eigenvalue weighted by molar-refractivity contribution is 5.22. The van der Waals surface area contributed by atoms with Gasteiger partial charge in [-0.2, -0.15) is 0 Å². The molecule has 0 aromatic carbocycles. The van der Waals surface area contributed by atoms with E-state index in [0.29, 0.717) is 12.0 Å². The van der Waals surface area contributed by atoms with Gasteiger partial charge >= 0.3 is 0 Å². The van der Waals surface area contributed by atoms with Crippen molar-refractivity contribution in [2.24, 2.45) is 52.9 Å². The van der Waals surface area contributed by atoms with Crippen LogP contribution in [-0.4, -0.2) is 12.6 Å². The zero-order valence-electron chi connectivity index (χ0n) is 9.05. The van der Waals surface area contributed by atoms with Crippen molar-refractivity contribution >= 4 is 0 Å². The van der Waals surface area contributed by atoms with Gasteiger partial charge in [-0.15, -0.1) is 0 Å². The predicted octanol–water partition coefficient (Wildman–Crippen LogP) is 0.977. The standard InChI is InChI=1S/C13H20N2/c14-5-10-8-4-9(13(10)15)12-7-2-1-6(3-7)11(8)12/h1-2,6-13H,3-5,14-15H2. The second-order valence-corrected chi connectivity index (χ2v) is 6.14. The molecule has 82 valence electrons. The highest BCUT2D eigenvalue weighted by Gasteiger charge is 2.63. The molecule has 2 nitrogen and oxygen atoms in total. The molecule has 15 heavy (non-hydrogen) atoms. The summed E-state index contributed by atoms with van der Waals surface area (Å²) in [6.45, 7) is 0.812. The zero-order valence-corrected chi connectivity index (χ0v) is 9.05. The third-order valence-corrected chi connectivity index (χ3v) is 5.93. The second-order valence-electron chi connectivity index (χ2n) is 6.14. The lowest BCUT2D eigenvalue weighted by atomic mass is 9.67. The molecule has 0 aromatic rings. The molecule has 3 fully saturated rings. The minimum Gasteiger partial charge on any atom is -0.330 e.